The fourth-order valence-corrected chi connectivity index (χ4v) is 2.02. The molecule has 0 aliphatic rings. The second-order valence-corrected chi connectivity index (χ2v) is 5.69. The van der Waals surface area contributed by atoms with Crippen LogP contribution in [-0.4, -0.2) is 25.6 Å². The fraction of sp³-hybridized carbons (Fsp3) is 0.588. The number of aryl methyl sites for hydroxylation is 1. The third-order valence-electron chi connectivity index (χ3n) is 3.04. The Morgan fingerprint density at radius 1 is 1.33 bits per heavy atom. The molecular formula is C17H28N2O2. The van der Waals surface area contributed by atoms with Crippen molar-refractivity contribution >= 4 is 5.91 Å². The normalized spacial score (nSPS) is 10.7. The maximum Gasteiger partial charge on any atom is 0.223 e. The number of ether oxygens (including phenoxy) is 1. The van der Waals surface area contributed by atoms with E-state index in [9.17, 15) is 4.79 Å². The minimum absolute atomic E-state index is 0.0316. The first-order chi connectivity index (χ1) is 10.0. The van der Waals surface area contributed by atoms with Crippen molar-refractivity contribution in [3.8, 4) is 5.75 Å². The van der Waals surface area contributed by atoms with Gasteiger partial charge in [-0.25, -0.2) is 0 Å². The lowest BCUT2D eigenvalue weighted by Gasteiger charge is -2.14. The van der Waals surface area contributed by atoms with Crippen LogP contribution in [-0.2, 0) is 11.3 Å². The fourth-order valence-electron chi connectivity index (χ4n) is 2.02. The van der Waals surface area contributed by atoms with Crippen LogP contribution >= 0.6 is 0 Å². The van der Waals surface area contributed by atoms with Crippen molar-refractivity contribution in [2.24, 2.45) is 5.92 Å². The van der Waals surface area contributed by atoms with Crippen LogP contribution in [0.1, 0.15) is 38.3 Å². The largest absolute Gasteiger partial charge is 0.493 e. The molecule has 0 saturated carbocycles. The Kier molecular flexibility index (Phi) is 7.83. The quantitative estimate of drug-likeness (QED) is 0.735. The van der Waals surface area contributed by atoms with Crippen molar-refractivity contribution in [1.82, 2.24) is 10.6 Å². The molecule has 0 fully saturated rings. The number of benzene rings is 1. The predicted molar refractivity (Wildman–Crippen MR) is 86.5 cm³/mol. The molecule has 0 aliphatic heterocycles. The summed E-state index contributed by atoms with van der Waals surface area (Å²) >= 11 is 0. The summed E-state index contributed by atoms with van der Waals surface area (Å²) < 4.78 is 5.77. The van der Waals surface area contributed by atoms with Crippen molar-refractivity contribution < 1.29 is 9.53 Å². The molecule has 0 bridgehead atoms. The first kappa shape index (κ1) is 17.5. The highest BCUT2D eigenvalue weighted by atomic mass is 16.5. The van der Waals surface area contributed by atoms with Gasteiger partial charge in [-0.15, -0.1) is 0 Å². The van der Waals surface area contributed by atoms with Gasteiger partial charge in [0, 0.05) is 18.7 Å². The van der Waals surface area contributed by atoms with E-state index in [0.29, 0.717) is 25.5 Å². The van der Waals surface area contributed by atoms with Gasteiger partial charge in [0.25, 0.3) is 0 Å². The second kappa shape index (κ2) is 9.40. The third-order valence-corrected chi connectivity index (χ3v) is 3.04. The van der Waals surface area contributed by atoms with Crippen LogP contribution in [0.4, 0.5) is 0 Å². The van der Waals surface area contributed by atoms with Crippen LogP contribution in [0.25, 0.3) is 0 Å². The summed E-state index contributed by atoms with van der Waals surface area (Å²) in [5.74, 6) is 1.52. The van der Waals surface area contributed by atoms with Crippen LogP contribution < -0.4 is 15.4 Å². The molecular weight excluding hydrogens is 264 g/mol. The minimum atomic E-state index is 0.0316. The number of carbonyl (C=O) groups is 1. The number of hydrogen-bond acceptors (Lipinski definition) is 3. The van der Waals surface area contributed by atoms with E-state index in [4.69, 9.17) is 4.74 Å². The summed E-state index contributed by atoms with van der Waals surface area (Å²) in [6.45, 7) is 11.2. The topological polar surface area (TPSA) is 50.4 Å². The molecule has 4 nitrogen and oxygen atoms in total. The molecule has 118 valence electrons. The van der Waals surface area contributed by atoms with Crippen LogP contribution in [0, 0.1) is 12.8 Å². The standard InChI is InChI=1S/C17H28N2O2/c1-5-19-17(20)8-9-21-16-7-6-14(4)10-15(16)12-18-11-13(2)3/h6-7,10,13,18H,5,8-9,11-12H2,1-4H3,(H,19,20). The first-order valence-corrected chi connectivity index (χ1v) is 7.72. The highest BCUT2D eigenvalue weighted by Crippen LogP contribution is 2.20. The van der Waals surface area contributed by atoms with Gasteiger partial charge in [-0.3, -0.25) is 4.79 Å². The number of rotatable bonds is 9. The molecule has 1 aromatic rings. The van der Waals surface area contributed by atoms with Gasteiger partial charge >= 0.3 is 0 Å². The van der Waals surface area contributed by atoms with Gasteiger partial charge in [-0.2, -0.15) is 0 Å². The molecule has 0 atom stereocenters. The van der Waals surface area contributed by atoms with E-state index in [2.05, 4.69) is 37.5 Å². The van der Waals surface area contributed by atoms with Gasteiger partial charge in [0.05, 0.1) is 13.0 Å². The van der Waals surface area contributed by atoms with E-state index < -0.39 is 0 Å². The van der Waals surface area contributed by atoms with E-state index in [1.54, 1.807) is 0 Å². The molecule has 0 unspecified atom stereocenters. The predicted octanol–water partition coefficient (Wildman–Crippen LogP) is 2.65. The average Bonchev–Trinajstić information content (AvgIpc) is 2.41. The molecule has 0 saturated heterocycles. The first-order valence-electron chi connectivity index (χ1n) is 7.72. The van der Waals surface area contributed by atoms with Gasteiger partial charge in [0.2, 0.25) is 5.91 Å². The minimum Gasteiger partial charge on any atom is -0.493 e. The zero-order valence-corrected chi connectivity index (χ0v) is 13.7. The van der Waals surface area contributed by atoms with Crippen LogP contribution in [0.5, 0.6) is 5.75 Å². The molecule has 0 heterocycles. The Hall–Kier alpha value is -1.55. The summed E-state index contributed by atoms with van der Waals surface area (Å²) in [5, 5.41) is 6.20. The summed E-state index contributed by atoms with van der Waals surface area (Å²) in [7, 11) is 0. The molecule has 1 rings (SSSR count). The van der Waals surface area contributed by atoms with Crippen molar-refractivity contribution in [2.75, 3.05) is 19.7 Å². The number of amides is 1. The molecule has 0 radical (unpaired) electrons. The number of carbonyl (C=O) groups excluding carboxylic acids is 1. The Balaban J connectivity index is 2.53. The zero-order valence-electron chi connectivity index (χ0n) is 13.7. The van der Waals surface area contributed by atoms with Crippen LogP contribution in [0.2, 0.25) is 0 Å². The van der Waals surface area contributed by atoms with E-state index >= 15 is 0 Å². The summed E-state index contributed by atoms with van der Waals surface area (Å²) in [6, 6.07) is 6.15. The molecule has 0 aromatic heterocycles. The Morgan fingerprint density at radius 2 is 2.10 bits per heavy atom. The van der Waals surface area contributed by atoms with Gasteiger partial charge in [-0.1, -0.05) is 31.5 Å². The SMILES string of the molecule is CCNC(=O)CCOc1ccc(C)cc1CNCC(C)C. The van der Waals surface area contributed by atoms with Crippen molar-refractivity contribution in [2.45, 2.75) is 40.7 Å². The van der Waals surface area contributed by atoms with Gasteiger partial charge in [-0.05, 0) is 32.4 Å². The molecule has 1 amide bonds. The monoisotopic (exact) mass is 292 g/mol. The van der Waals surface area contributed by atoms with E-state index in [-0.39, 0.29) is 5.91 Å². The van der Waals surface area contributed by atoms with E-state index in [0.717, 1.165) is 24.4 Å². The van der Waals surface area contributed by atoms with Crippen LogP contribution in [0.3, 0.4) is 0 Å². The van der Waals surface area contributed by atoms with Crippen molar-refractivity contribution in [3.05, 3.63) is 29.3 Å². The zero-order chi connectivity index (χ0) is 15.7. The maximum atomic E-state index is 11.4. The van der Waals surface area contributed by atoms with Gasteiger partial charge in [0.15, 0.2) is 0 Å². The molecule has 0 aliphatic carbocycles. The lowest BCUT2D eigenvalue weighted by Crippen LogP contribution is -2.24. The lowest BCUT2D eigenvalue weighted by molar-refractivity contribution is -0.121. The molecule has 4 heteroatoms. The van der Waals surface area contributed by atoms with Crippen molar-refractivity contribution in [1.29, 1.82) is 0 Å². The second-order valence-electron chi connectivity index (χ2n) is 5.69. The van der Waals surface area contributed by atoms with Crippen molar-refractivity contribution in [3.63, 3.8) is 0 Å². The third kappa shape index (κ3) is 7.14. The summed E-state index contributed by atoms with van der Waals surface area (Å²) in [5.41, 5.74) is 2.36. The molecule has 2 N–H and O–H groups in total. The van der Waals surface area contributed by atoms with Gasteiger partial charge < -0.3 is 15.4 Å². The lowest BCUT2D eigenvalue weighted by atomic mass is 10.1. The van der Waals surface area contributed by atoms with Gasteiger partial charge in [0.1, 0.15) is 5.75 Å². The summed E-state index contributed by atoms with van der Waals surface area (Å²) in [6.07, 6.45) is 0.389. The number of hydrogen-bond donors (Lipinski definition) is 2. The van der Waals surface area contributed by atoms with Crippen LogP contribution in [0.15, 0.2) is 18.2 Å². The molecule has 21 heavy (non-hydrogen) atoms. The molecule has 0 spiro atoms. The summed E-state index contributed by atoms with van der Waals surface area (Å²) in [4.78, 5) is 11.4. The average molecular weight is 292 g/mol. The Labute approximate surface area is 128 Å². The maximum absolute atomic E-state index is 11.4. The highest BCUT2D eigenvalue weighted by molar-refractivity contribution is 5.75. The van der Waals surface area contributed by atoms with E-state index in [1.165, 1.54) is 5.56 Å². The Bertz CT molecular complexity index is 444. The highest BCUT2D eigenvalue weighted by Gasteiger charge is 2.06. The number of nitrogens with one attached hydrogen (secondary N) is 2. The Morgan fingerprint density at radius 3 is 2.76 bits per heavy atom. The smallest absolute Gasteiger partial charge is 0.223 e. The van der Waals surface area contributed by atoms with E-state index in [1.807, 2.05) is 19.1 Å². The molecule has 1 aromatic carbocycles.